The predicted molar refractivity (Wildman–Crippen MR) is 93.8 cm³/mol. The molecule has 1 aliphatic heterocycles. The van der Waals surface area contributed by atoms with Crippen molar-refractivity contribution in [2.45, 2.75) is 32.7 Å². The van der Waals surface area contributed by atoms with Gasteiger partial charge in [-0.05, 0) is 41.8 Å². The Bertz CT molecular complexity index is 563. The number of hydrogen-bond donors (Lipinski definition) is 0. The van der Waals surface area contributed by atoms with Crippen molar-refractivity contribution in [3.8, 4) is 0 Å². The van der Waals surface area contributed by atoms with Gasteiger partial charge in [0.2, 0.25) is 0 Å². The van der Waals surface area contributed by atoms with E-state index in [1.54, 1.807) is 0 Å². The van der Waals surface area contributed by atoms with Gasteiger partial charge in [-0.3, -0.25) is 4.90 Å². The number of benzene rings is 2. The predicted octanol–water partition coefficient (Wildman–Crippen LogP) is 4.95. The lowest BCUT2D eigenvalue weighted by atomic mass is 9.79. The van der Waals surface area contributed by atoms with Gasteiger partial charge >= 0.3 is 0 Å². The molecular weight excluding hydrogens is 266 g/mol. The normalized spacial score (nSPS) is 26.5. The van der Waals surface area contributed by atoms with Crippen molar-refractivity contribution < 1.29 is 0 Å². The van der Waals surface area contributed by atoms with E-state index in [-0.39, 0.29) is 0 Å². The highest BCUT2D eigenvalue weighted by Crippen LogP contribution is 2.36. The van der Waals surface area contributed by atoms with Crippen LogP contribution in [0.5, 0.6) is 0 Å². The average molecular weight is 293 g/mol. The first kappa shape index (κ1) is 15.3. The van der Waals surface area contributed by atoms with Crippen molar-refractivity contribution in [2.24, 2.45) is 11.8 Å². The number of hydrogen-bond acceptors (Lipinski definition) is 1. The Morgan fingerprint density at radius 1 is 0.909 bits per heavy atom. The molecule has 2 aromatic rings. The van der Waals surface area contributed by atoms with Crippen LogP contribution in [0.4, 0.5) is 0 Å². The van der Waals surface area contributed by atoms with E-state index in [1.807, 2.05) is 0 Å². The van der Waals surface area contributed by atoms with Crippen molar-refractivity contribution >= 4 is 0 Å². The van der Waals surface area contributed by atoms with Crippen LogP contribution in [-0.4, -0.2) is 18.0 Å². The summed E-state index contributed by atoms with van der Waals surface area (Å²) < 4.78 is 0. The minimum absolute atomic E-state index is 0.692. The second-order valence-corrected chi connectivity index (χ2v) is 6.86. The first-order chi connectivity index (χ1) is 10.7. The molecule has 2 aromatic carbocycles. The number of likely N-dealkylation sites (tertiary alicyclic amines) is 1. The fourth-order valence-electron chi connectivity index (χ4n) is 3.80. The second kappa shape index (κ2) is 7.11. The van der Waals surface area contributed by atoms with E-state index in [4.69, 9.17) is 0 Å². The van der Waals surface area contributed by atoms with Crippen molar-refractivity contribution in [3.05, 3.63) is 71.8 Å². The monoisotopic (exact) mass is 293 g/mol. The summed E-state index contributed by atoms with van der Waals surface area (Å²) >= 11 is 0. The van der Waals surface area contributed by atoms with Crippen LogP contribution in [-0.2, 0) is 6.54 Å². The molecule has 0 amide bonds. The van der Waals surface area contributed by atoms with E-state index >= 15 is 0 Å². The molecule has 0 saturated carbocycles. The molecule has 1 aliphatic rings. The van der Waals surface area contributed by atoms with Crippen LogP contribution in [0.15, 0.2) is 60.7 Å². The minimum Gasteiger partial charge on any atom is -0.299 e. The maximum atomic E-state index is 2.64. The van der Waals surface area contributed by atoms with E-state index in [1.165, 1.54) is 30.6 Å². The van der Waals surface area contributed by atoms with E-state index in [9.17, 15) is 0 Å². The Hall–Kier alpha value is -1.60. The van der Waals surface area contributed by atoms with E-state index < -0.39 is 0 Å². The summed E-state index contributed by atoms with van der Waals surface area (Å²) in [6.07, 6.45) is 1.27. The third-order valence-corrected chi connectivity index (χ3v) is 5.31. The van der Waals surface area contributed by atoms with Gasteiger partial charge in [0, 0.05) is 13.1 Å². The van der Waals surface area contributed by atoms with E-state index in [0.29, 0.717) is 5.92 Å². The standard InChI is InChI=1S/C21H27N/c1-17-15-22(16-19-9-5-3-6-10-19)14-13-21(18(17)2)20-11-7-4-8-12-20/h3-12,17-18,21H,13-16H2,1-2H3/t17-,18+,21+/m0/s1. The Kier molecular flexibility index (Phi) is 4.94. The fraction of sp³-hybridized carbons (Fsp3) is 0.429. The molecule has 1 heterocycles. The molecule has 3 atom stereocenters. The van der Waals surface area contributed by atoms with Gasteiger partial charge in [0.05, 0.1) is 0 Å². The molecule has 0 aliphatic carbocycles. The zero-order chi connectivity index (χ0) is 15.4. The molecule has 0 aromatic heterocycles. The average Bonchev–Trinajstić information content (AvgIpc) is 2.69. The van der Waals surface area contributed by atoms with Gasteiger partial charge in [0.1, 0.15) is 0 Å². The summed E-state index contributed by atoms with van der Waals surface area (Å²) in [4.78, 5) is 2.64. The third-order valence-electron chi connectivity index (χ3n) is 5.31. The van der Waals surface area contributed by atoms with Crippen molar-refractivity contribution in [1.29, 1.82) is 0 Å². The second-order valence-electron chi connectivity index (χ2n) is 6.86. The van der Waals surface area contributed by atoms with Crippen LogP contribution in [0.2, 0.25) is 0 Å². The number of nitrogens with zero attached hydrogens (tertiary/aromatic N) is 1. The molecule has 116 valence electrons. The van der Waals surface area contributed by atoms with Gasteiger partial charge in [0.15, 0.2) is 0 Å². The van der Waals surface area contributed by atoms with Crippen LogP contribution >= 0.6 is 0 Å². The van der Waals surface area contributed by atoms with Crippen molar-refractivity contribution in [3.63, 3.8) is 0 Å². The van der Waals surface area contributed by atoms with Gasteiger partial charge < -0.3 is 0 Å². The summed E-state index contributed by atoms with van der Waals surface area (Å²) in [5, 5.41) is 0. The molecule has 1 heteroatoms. The fourth-order valence-corrected chi connectivity index (χ4v) is 3.80. The number of rotatable bonds is 3. The summed E-state index contributed by atoms with van der Waals surface area (Å²) in [6.45, 7) is 8.35. The minimum atomic E-state index is 0.692. The molecule has 0 spiro atoms. The Morgan fingerprint density at radius 2 is 1.55 bits per heavy atom. The quantitative estimate of drug-likeness (QED) is 0.774. The van der Waals surface area contributed by atoms with Crippen molar-refractivity contribution in [1.82, 2.24) is 4.90 Å². The first-order valence-electron chi connectivity index (χ1n) is 8.55. The summed E-state index contributed by atoms with van der Waals surface area (Å²) in [5.41, 5.74) is 2.95. The molecule has 1 saturated heterocycles. The highest BCUT2D eigenvalue weighted by atomic mass is 15.1. The lowest BCUT2D eigenvalue weighted by Gasteiger charge is -2.26. The Morgan fingerprint density at radius 3 is 2.23 bits per heavy atom. The topological polar surface area (TPSA) is 3.24 Å². The van der Waals surface area contributed by atoms with E-state index in [0.717, 1.165) is 18.4 Å². The largest absolute Gasteiger partial charge is 0.299 e. The molecule has 1 nitrogen and oxygen atoms in total. The molecule has 0 radical (unpaired) electrons. The van der Waals surface area contributed by atoms with Crippen LogP contribution in [0.25, 0.3) is 0 Å². The maximum Gasteiger partial charge on any atom is 0.0233 e. The molecule has 22 heavy (non-hydrogen) atoms. The highest BCUT2D eigenvalue weighted by molar-refractivity contribution is 5.21. The van der Waals surface area contributed by atoms with Gasteiger partial charge in [0.25, 0.3) is 0 Å². The molecular formula is C21H27N. The van der Waals surface area contributed by atoms with Crippen LogP contribution in [0, 0.1) is 11.8 Å². The third kappa shape index (κ3) is 3.59. The van der Waals surface area contributed by atoms with Gasteiger partial charge in [-0.2, -0.15) is 0 Å². The van der Waals surface area contributed by atoms with Crippen LogP contribution in [0.1, 0.15) is 37.3 Å². The molecule has 0 bridgehead atoms. The van der Waals surface area contributed by atoms with E-state index in [2.05, 4.69) is 79.4 Å². The molecule has 1 fully saturated rings. The zero-order valence-electron chi connectivity index (χ0n) is 13.8. The lowest BCUT2D eigenvalue weighted by molar-refractivity contribution is 0.231. The van der Waals surface area contributed by atoms with Gasteiger partial charge in [-0.1, -0.05) is 74.5 Å². The van der Waals surface area contributed by atoms with Crippen LogP contribution in [0.3, 0.4) is 0 Å². The Balaban J connectivity index is 1.72. The summed E-state index contributed by atoms with van der Waals surface area (Å²) in [6, 6.07) is 22.0. The molecule has 3 rings (SSSR count). The van der Waals surface area contributed by atoms with Gasteiger partial charge in [-0.15, -0.1) is 0 Å². The Labute approximate surface area is 135 Å². The smallest absolute Gasteiger partial charge is 0.0233 e. The molecule has 0 unspecified atom stereocenters. The maximum absolute atomic E-state index is 2.64. The summed E-state index contributed by atoms with van der Waals surface area (Å²) in [7, 11) is 0. The lowest BCUT2D eigenvalue weighted by Crippen LogP contribution is -2.28. The van der Waals surface area contributed by atoms with Crippen molar-refractivity contribution in [2.75, 3.05) is 13.1 Å². The zero-order valence-corrected chi connectivity index (χ0v) is 13.8. The SMILES string of the molecule is C[C@@H]1[C@@H](C)CN(Cc2ccccc2)CC[C@H]1c1ccccc1. The summed E-state index contributed by atoms with van der Waals surface area (Å²) in [5.74, 6) is 2.16. The van der Waals surface area contributed by atoms with Gasteiger partial charge in [-0.25, -0.2) is 0 Å². The first-order valence-corrected chi connectivity index (χ1v) is 8.55. The highest BCUT2D eigenvalue weighted by Gasteiger charge is 2.29. The van der Waals surface area contributed by atoms with Crippen LogP contribution < -0.4 is 0 Å². The molecule has 0 N–H and O–H groups in total.